The zero-order valence-corrected chi connectivity index (χ0v) is 11.9. The summed E-state index contributed by atoms with van der Waals surface area (Å²) in [5, 5.41) is 6.18. The predicted molar refractivity (Wildman–Crippen MR) is 81.1 cm³/mol. The van der Waals surface area contributed by atoms with E-state index in [0.29, 0.717) is 29.6 Å². The van der Waals surface area contributed by atoms with E-state index in [1.165, 1.54) is 18.5 Å². The van der Waals surface area contributed by atoms with E-state index in [4.69, 9.17) is 10.5 Å². The minimum atomic E-state index is -0.299. The SMILES string of the molecule is COCC(C)Nc1ncnc(Nc2ccc(F)cc2)c1N. The number of halogens is 1. The third-order valence-electron chi connectivity index (χ3n) is 2.79. The molecule has 0 fully saturated rings. The van der Waals surface area contributed by atoms with Crippen molar-refractivity contribution in [2.75, 3.05) is 30.1 Å². The van der Waals surface area contributed by atoms with Crippen LogP contribution in [0.3, 0.4) is 0 Å². The number of hydrogen-bond donors (Lipinski definition) is 3. The Kier molecular flexibility index (Phi) is 4.89. The molecule has 0 radical (unpaired) electrons. The molecule has 2 aromatic rings. The van der Waals surface area contributed by atoms with Gasteiger partial charge in [-0.3, -0.25) is 0 Å². The Hall–Kier alpha value is -2.41. The normalized spacial score (nSPS) is 12.0. The van der Waals surface area contributed by atoms with Gasteiger partial charge in [0.2, 0.25) is 0 Å². The Labute approximate surface area is 122 Å². The van der Waals surface area contributed by atoms with Crippen molar-refractivity contribution >= 4 is 23.0 Å². The molecule has 0 aliphatic rings. The van der Waals surface area contributed by atoms with E-state index in [0.717, 1.165) is 0 Å². The number of nitrogens with two attached hydrogens (primary N) is 1. The minimum absolute atomic E-state index is 0.0610. The second kappa shape index (κ2) is 6.85. The van der Waals surface area contributed by atoms with Gasteiger partial charge in [0, 0.05) is 18.8 Å². The molecule has 6 nitrogen and oxygen atoms in total. The van der Waals surface area contributed by atoms with Gasteiger partial charge in [0.1, 0.15) is 17.8 Å². The first-order valence-electron chi connectivity index (χ1n) is 6.48. The fraction of sp³-hybridized carbons (Fsp3) is 0.286. The van der Waals surface area contributed by atoms with E-state index in [2.05, 4.69) is 20.6 Å². The maximum Gasteiger partial charge on any atom is 0.159 e. The number of ether oxygens (including phenoxy) is 1. The number of rotatable bonds is 6. The lowest BCUT2D eigenvalue weighted by molar-refractivity contribution is 0.190. The van der Waals surface area contributed by atoms with Gasteiger partial charge in [-0.25, -0.2) is 14.4 Å². The van der Waals surface area contributed by atoms with Crippen molar-refractivity contribution in [2.24, 2.45) is 0 Å². The first-order valence-corrected chi connectivity index (χ1v) is 6.48. The molecule has 0 bridgehead atoms. The van der Waals surface area contributed by atoms with Crippen LogP contribution in [0.15, 0.2) is 30.6 Å². The van der Waals surface area contributed by atoms with Crippen LogP contribution in [0, 0.1) is 5.82 Å². The van der Waals surface area contributed by atoms with Crippen molar-refractivity contribution in [2.45, 2.75) is 13.0 Å². The summed E-state index contributed by atoms with van der Waals surface area (Å²) < 4.78 is 17.9. The maximum absolute atomic E-state index is 12.9. The van der Waals surface area contributed by atoms with E-state index in [-0.39, 0.29) is 11.9 Å². The van der Waals surface area contributed by atoms with Gasteiger partial charge >= 0.3 is 0 Å². The summed E-state index contributed by atoms with van der Waals surface area (Å²) in [5.41, 5.74) is 7.13. The summed E-state index contributed by atoms with van der Waals surface area (Å²) in [6.45, 7) is 2.49. The zero-order chi connectivity index (χ0) is 15.2. The first kappa shape index (κ1) is 15.0. The van der Waals surface area contributed by atoms with Crippen molar-refractivity contribution < 1.29 is 9.13 Å². The van der Waals surface area contributed by atoms with Gasteiger partial charge in [-0.15, -0.1) is 0 Å². The maximum atomic E-state index is 12.9. The van der Waals surface area contributed by atoms with Gasteiger partial charge in [0.25, 0.3) is 0 Å². The molecule has 1 atom stereocenters. The fourth-order valence-electron chi connectivity index (χ4n) is 1.81. The largest absolute Gasteiger partial charge is 0.393 e. The Morgan fingerprint density at radius 1 is 1.24 bits per heavy atom. The molecule has 2 rings (SSSR count). The summed E-state index contributed by atoms with van der Waals surface area (Å²) in [6.07, 6.45) is 1.41. The Morgan fingerprint density at radius 3 is 2.57 bits per heavy atom. The number of nitrogens with one attached hydrogen (secondary N) is 2. The second-order valence-corrected chi connectivity index (χ2v) is 4.62. The number of nitrogen functional groups attached to an aromatic ring is 1. The number of nitrogens with zero attached hydrogens (tertiary/aromatic N) is 2. The second-order valence-electron chi connectivity index (χ2n) is 4.62. The van der Waals surface area contributed by atoms with Crippen LogP contribution in [0.2, 0.25) is 0 Å². The topological polar surface area (TPSA) is 85.1 Å². The average Bonchev–Trinajstić information content (AvgIpc) is 2.46. The van der Waals surface area contributed by atoms with Gasteiger partial charge < -0.3 is 21.1 Å². The molecule has 0 aliphatic carbocycles. The summed E-state index contributed by atoms with van der Waals surface area (Å²) in [4.78, 5) is 8.21. The van der Waals surface area contributed by atoms with Gasteiger partial charge in [-0.1, -0.05) is 0 Å². The van der Waals surface area contributed by atoms with Crippen molar-refractivity contribution in [1.82, 2.24) is 9.97 Å². The lowest BCUT2D eigenvalue weighted by atomic mass is 10.3. The molecule has 1 unspecified atom stereocenters. The summed E-state index contributed by atoms with van der Waals surface area (Å²) in [5.74, 6) is 0.690. The minimum Gasteiger partial charge on any atom is -0.393 e. The summed E-state index contributed by atoms with van der Waals surface area (Å²) in [6, 6.07) is 6.00. The molecule has 1 heterocycles. The van der Waals surface area contributed by atoms with Gasteiger partial charge in [-0.2, -0.15) is 0 Å². The van der Waals surface area contributed by atoms with Crippen LogP contribution in [0.4, 0.5) is 27.4 Å². The standard InChI is InChI=1S/C14H18FN5O/c1-9(7-21-2)19-13-12(16)14(18-8-17-13)20-11-5-3-10(15)4-6-11/h3-6,8-9H,7,16H2,1-2H3,(H2,17,18,19,20). The molecule has 4 N–H and O–H groups in total. The summed E-state index contributed by atoms with van der Waals surface area (Å²) in [7, 11) is 1.63. The summed E-state index contributed by atoms with van der Waals surface area (Å²) >= 11 is 0. The lowest BCUT2D eigenvalue weighted by Gasteiger charge is -2.16. The fourth-order valence-corrected chi connectivity index (χ4v) is 1.81. The van der Waals surface area contributed by atoms with Crippen LogP contribution < -0.4 is 16.4 Å². The molecule has 21 heavy (non-hydrogen) atoms. The highest BCUT2D eigenvalue weighted by Gasteiger charge is 2.10. The molecule has 1 aromatic heterocycles. The molecule has 112 valence electrons. The highest BCUT2D eigenvalue weighted by atomic mass is 19.1. The van der Waals surface area contributed by atoms with E-state index in [9.17, 15) is 4.39 Å². The highest BCUT2D eigenvalue weighted by Crippen LogP contribution is 2.26. The predicted octanol–water partition coefficient (Wildman–Crippen LogP) is 2.39. The van der Waals surface area contributed by atoms with Crippen molar-refractivity contribution in [3.05, 3.63) is 36.4 Å². The van der Waals surface area contributed by atoms with E-state index >= 15 is 0 Å². The van der Waals surface area contributed by atoms with Crippen LogP contribution in [0.1, 0.15) is 6.92 Å². The average molecular weight is 291 g/mol. The molecular weight excluding hydrogens is 273 g/mol. The van der Waals surface area contributed by atoms with Gasteiger partial charge in [0.05, 0.1) is 6.61 Å². The Balaban J connectivity index is 2.15. The zero-order valence-electron chi connectivity index (χ0n) is 11.9. The molecular formula is C14H18FN5O. The Bertz CT molecular complexity index is 590. The van der Waals surface area contributed by atoms with Gasteiger partial charge in [0.15, 0.2) is 11.6 Å². The van der Waals surface area contributed by atoms with Crippen LogP contribution in [0.5, 0.6) is 0 Å². The number of aromatic nitrogens is 2. The molecule has 7 heteroatoms. The highest BCUT2D eigenvalue weighted by molar-refractivity contribution is 5.77. The van der Waals surface area contributed by atoms with Crippen LogP contribution in [-0.4, -0.2) is 29.7 Å². The van der Waals surface area contributed by atoms with E-state index < -0.39 is 0 Å². The molecule has 0 amide bonds. The van der Waals surface area contributed by atoms with Crippen molar-refractivity contribution in [3.8, 4) is 0 Å². The van der Waals surface area contributed by atoms with Crippen molar-refractivity contribution in [1.29, 1.82) is 0 Å². The molecule has 0 aliphatic heterocycles. The van der Waals surface area contributed by atoms with Crippen LogP contribution in [0.25, 0.3) is 0 Å². The van der Waals surface area contributed by atoms with Gasteiger partial charge in [-0.05, 0) is 31.2 Å². The molecule has 0 saturated carbocycles. The number of anilines is 4. The Morgan fingerprint density at radius 2 is 1.90 bits per heavy atom. The van der Waals surface area contributed by atoms with E-state index in [1.807, 2.05) is 6.92 Å². The first-order chi connectivity index (χ1) is 10.1. The third kappa shape index (κ3) is 4.03. The quantitative estimate of drug-likeness (QED) is 0.757. The number of benzene rings is 1. The monoisotopic (exact) mass is 291 g/mol. The lowest BCUT2D eigenvalue weighted by Crippen LogP contribution is -2.22. The molecule has 1 aromatic carbocycles. The van der Waals surface area contributed by atoms with Crippen LogP contribution >= 0.6 is 0 Å². The third-order valence-corrected chi connectivity index (χ3v) is 2.79. The molecule has 0 saturated heterocycles. The smallest absolute Gasteiger partial charge is 0.159 e. The van der Waals surface area contributed by atoms with E-state index in [1.54, 1.807) is 19.2 Å². The molecule has 0 spiro atoms. The number of methoxy groups -OCH3 is 1. The van der Waals surface area contributed by atoms with Crippen LogP contribution in [-0.2, 0) is 4.74 Å². The number of hydrogen-bond acceptors (Lipinski definition) is 6. The van der Waals surface area contributed by atoms with Crippen molar-refractivity contribution in [3.63, 3.8) is 0 Å².